The van der Waals surface area contributed by atoms with Gasteiger partial charge in [-0.05, 0) is 55.7 Å². The number of nitrogens with one attached hydrogen (secondary N) is 3. The zero-order chi connectivity index (χ0) is 27.6. The summed E-state index contributed by atoms with van der Waals surface area (Å²) in [5.74, 6) is -0.766. The number of hydrogen-bond acceptors (Lipinski definition) is 6. The molecule has 6 rings (SSSR count). The van der Waals surface area contributed by atoms with Gasteiger partial charge in [-0.15, -0.1) is 0 Å². The fourth-order valence-corrected chi connectivity index (χ4v) is 5.81. The van der Waals surface area contributed by atoms with E-state index in [-0.39, 0.29) is 35.6 Å². The molecule has 0 radical (unpaired) electrons. The van der Waals surface area contributed by atoms with Crippen LogP contribution in [0.5, 0.6) is 0 Å². The summed E-state index contributed by atoms with van der Waals surface area (Å²) in [7, 11) is 0. The SMILES string of the molecule is CC1=NC(C=C2C(=O)Nc3ccc(C(C=N)C=Nc4ccccc4)cc32)C(C=C2CC2)C1C(=O)N1CCNCC1. The van der Waals surface area contributed by atoms with Crippen LogP contribution in [-0.2, 0) is 9.59 Å². The highest BCUT2D eigenvalue weighted by Gasteiger charge is 2.43. The van der Waals surface area contributed by atoms with Crippen LogP contribution in [0.3, 0.4) is 0 Å². The van der Waals surface area contributed by atoms with E-state index < -0.39 is 0 Å². The van der Waals surface area contributed by atoms with Crippen LogP contribution in [0.2, 0.25) is 0 Å². The van der Waals surface area contributed by atoms with E-state index in [9.17, 15) is 9.59 Å². The number of aliphatic imine (C=N–C) groups is 2. The molecule has 204 valence electrons. The minimum Gasteiger partial charge on any atom is -0.340 e. The lowest BCUT2D eigenvalue weighted by Gasteiger charge is -2.31. The number of anilines is 1. The van der Waals surface area contributed by atoms with Crippen molar-refractivity contribution in [1.29, 1.82) is 5.41 Å². The first-order valence-corrected chi connectivity index (χ1v) is 14.0. The maximum Gasteiger partial charge on any atom is 0.256 e. The molecule has 2 aromatic carbocycles. The molecular weight excluding hydrogens is 500 g/mol. The molecule has 4 unspecified atom stereocenters. The van der Waals surface area contributed by atoms with Gasteiger partial charge in [0.2, 0.25) is 5.91 Å². The van der Waals surface area contributed by atoms with Gasteiger partial charge in [0.15, 0.2) is 0 Å². The van der Waals surface area contributed by atoms with E-state index in [1.54, 1.807) is 6.21 Å². The van der Waals surface area contributed by atoms with Crippen LogP contribution < -0.4 is 10.6 Å². The smallest absolute Gasteiger partial charge is 0.256 e. The van der Waals surface area contributed by atoms with Crippen molar-refractivity contribution in [3.63, 3.8) is 0 Å². The lowest BCUT2D eigenvalue weighted by Crippen LogP contribution is -2.50. The molecule has 3 N–H and O–H groups in total. The summed E-state index contributed by atoms with van der Waals surface area (Å²) < 4.78 is 0. The Kier molecular flexibility index (Phi) is 7.26. The van der Waals surface area contributed by atoms with E-state index in [4.69, 9.17) is 10.4 Å². The summed E-state index contributed by atoms with van der Waals surface area (Å²) in [4.78, 5) is 38.3. The molecule has 4 atom stereocenters. The minimum atomic E-state index is -0.331. The number of piperazine rings is 1. The van der Waals surface area contributed by atoms with Gasteiger partial charge < -0.3 is 20.9 Å². The normalized spacial score (nSPS) is 25.5. The van der Waals surface area contributed by atoms with Gasteiger partial charge in [-0.25, -0.2) is 0 Å². The van der Waals surface area contributed by atoms with Gasteiger partial charge in [-0.3, -0.25) is 19.6 Å². The highest BCUT2D eigenvalue weighted by Crippen LogP contribution is 2.40. The number of carbonyl (C=O) groups excluding carboxylic acids is 2. The highest BCUT2D eigenvalue weighted by molar-refractivity contribution is 6.31. The van der Waals surface area contributed by atoms with E-state index in [0.29, 0.717) is 18.7 Å². The van der Waals surface area contributed by atoms with E-state index in [0.717, 1.165) is 54.1 Å². The van der Waals surface area contributed by atoms with Gasteiger partial charge in [-0.1, -0.05) is 35.9 Å². The fraction of sp³-hybridized carbons (Fsp3) is 0.344. The zero-order valence-electron chi connectivity index (χ0n) is 22.6. The molecule has 1 saturated carbocycles. The first-order valence-electron chi connectivity index (χ1n) is 14.0. The van der Waals surface area contributed by atoms with E-state index in [2.05, 4.69) is 21.7 Å². The molecule has 2 fully saturated rings. The third-order valence-corrected chi connectivity index (χ3v) is 8.11. The summed E-state index contributed by atoms with van der Waals surface area (Å²) in [6.07, 6.45) is 9.43. The topological polar surface area (TPSA) is 110 Å². The number of para-hydroxylation sites is 1. The summed E-state index contributed by atoms with van der Waals surface area (Å²) in [6, 6.07) is 15.1. The molecule has 8 nitrogen and oxygen atoms in total. The average Bonchev–Trinajstić information content (AvgIpc) is 3.68. The van der Waals surface area contributed by atoms with Crippen molar-refractivity contribution in [2.24, 2.45) is 21.8 Å². The first kappa shape index (κ1) is 26.1. The van der Waals surface area contributed by atoms with Crippen LogP contribution in [0.1, 0.15) is 36.8 Å². The standard InChI is InChI=1S/C32H34N6O2/c1-20-30(32(40)38-13-11-34-12-14-38)27(15-21-7-8-21)29(36-20)17-26-25-16-22(9-10-28(25)37-31(26)39)23(18-33)19-35-24-5-3-2-4-6-24/h2-6,9-10,15-19,23,27,29-30,33-34H,7-8,11-14H2,1H3,(H,37,39). The van der Waals surface area contributed by atoms with Crippen molar-refractivity contribution in [2.75, 3.05) is 31.5 Å². The van der Waals surface area contributed by atoms with Crippen LogP contribution in [0.4, 0.5) is 11.4 Å². The molecule has 3 heterocycles. The Balaban J connectivity index is 1.30. The van der Waals surface area contributed by atoms with Crippen molar-refractivity contribution in [3.8, 4) is 0 Å². The largest absolute Gasteiger partial charge is 0.340 e. The Morgan fingerprint density at radius 2 is 1.90 bits per heavy atom. The number of hydrogen-bond donors (Lipinski definition) is 3. The van der Waals surface area contributed by atoms with Crippen LogP contribution in [0, 0.1) is 17.2 Å². The highest BCUT2D eigenvalue weighted by atomic mass is 16.2. The predicted octanol–water partition coefficient (Wildman–Crippen LogP) is 4.39. The number of benzene rings is 2. The molecule has 40 heavy (non-hydrogen) atoms. The van der Waals surface area contributed by atoms with Crippen LogP contribution >= 0.6 is 0 Å². The quantitative estimate of drug-likeness (QED) is 0.278. The monoisotopic (exact) mass is 534 g/mol. The minimum absolute atomic E-state index is 0.0975. The van der Waals surface area contributed by atoms with Gasteiger partial charge in [0, 0.05) is 67.1 Å². The maximum absolute atomic E-state index is 13.6. The van der Waals surface area contributed by atoms with Gasteiger partial charge in [-0.2, -0.15) is 0 Å². The molecule has 2 aromatic rings. The molecule has 4 aliphatic rings. The number of allylic oxidation sites excluding steroid dienone is 1. The van der Waals surface area contributed by atoms with Gasteiger partial charge in [0.1, 0.15) is 0 Å². The Bertz CT molecular complexity index is 1450. The van der Waals surface area contributed by atoms with Crippen molar-refractivity contribution in [3.05, 3.63) is 77.4 Å². The maximum atomic E-state index is 13.6. The predicted molar refractivity (Wildman–Crippen MR) is 160 cm³/mol. The van der Waals surface area contributed by atoms with E-state index >= 15 is 0 Å². The zero-order valence-corrected chi connectivity index (χ0v) is 22.6. The number of amides is 2. The molecule has 0 aromatic heterocycles. The number of nitrogens with zero attached hydrogens (tertiary/aromatic N) is 3. The molecule has 8 heteroatoms. The summed E-state index contributed by atoms with van der Waals surface area (Å²) in [5, 5.41) is 14.3. The Hall–Kier alpha value is -4.17. The van der Waals surface area contributed by atoms with E-state index in [1.165, 1.54) is 11.8 Å². The molecular formula is C32H34N6O2. The van der Waals surface area contributed by atoms with Crippen molar-refractivity contribution < 1.29 is 9.59 Å². The third kappa shape index (κ3) is 5.31. The average molecular weight is 535 g/mol. The Labute approximate surface area is 234 Å². The molecule has 0 spiro atoms. The summed E-state index contributed by atoms with van der Waals surface area (Å²) >= 11 is 0. The van der Waals surface area contributed by atoms with Crippen LogP contribution in [0.25, 0.3) is 5.57 Å². The van der Waals surface area contributed by atoms with Gasteiger partial charge in [0.05, 0.1) is 23.6 Å². The number of fused-ring (bicyclic) bond motifs is 1. The van der Waals surface area contributed by atoms with Gasteiger partial charge >= 0.3 is 0 Å². The number of carbonyl (C=O) groups is 2. The van der Waals surface area contributed by atoms with Crippen molar-refractivity contribution in [1.82, 2.24) is 10.2 Å². The Morgan fingerprint density at radius 1 is 1.12 bits per heavy atom. The second-order valence-electron chi connectivity index (χ2n) is 10.9. The van der Waals surface area contributed by atoms with E-state index in [1.807, 2.05) is 66.4 Å². The van der Waals surface area contributed by atoms with Crippen molar-refractivity contribution in [2.45, 2.75) is 31.7 Å². The van der Waals surface area contributed by atoms with Crippen LogP contribution in [0.15, 0.2) is 76.2 Å². The molecule has 2 amide bonds. The second kappa shape index (κ2) is 11.1. The van der Waals surface area contributed by atoms with Crippen molar-refractivity contribution >= 4 is 46.9 Å². The molecule has 3 aliphatic heterocycles. The Morgan fingerprint density at radius 3 is 2.62 bits per heavy atom. The van der Waals surface area contributed by atoms with Crippen LogP contribution in [-0.4, -0.2) is 67.1 Å². The fourth-order valence-electron chi connectivity index (χ4n) is 5.81. The lowest BCUT2D eigenvalue weighted by molar-refractivity contribution is -0.134. The first-order chi connectivity index (χ1) is 19.5. The summed E-state index contributed by atoms with van der Waals surface area (Å²) in [5.41, 5.74) is 6.01. The molecule has 1 aliphatic carbocycles. The lowest BCUT2D eigenvalue weighted by atomic mass is 9.84. The molecule has 1 saturated heterocycles. The second-order valence-corrected chi connectivity index (χ2v) is 10.9. The van der Waals surface area contributed by atoms with Gasteiger partial charge in [0.25, 0.3) is 5.91 Å². The number of rotatable bonds is 7. The molecule has 0 bridgehead atoms. The third-order valence-electron chi connectivity index (χ3n) is 8.11. The summed E-state index contributed by atoms with van der Waals surface area (Å²) in [6.45, 7) is 4.97.